The van der Waals surface area contributed by atoms with E-state index in [-0.39, 0.29) is 17.9 Å². The van der Waals surface area contributed by atoms with E-state index in [1.807, 2.05) is 42.5 Å². The van der Waals surface area contributed by atoms with Crippen LogP contribution >= 0.6 is 0 Å². The number of imide groups is 1. The Morgan fingerprint density at radius 1 is 1.00 bits per heavy atom. The summed E-state index contributed by atoms with van der Waals surface area (Å²) in [6.07, 6.45) is 1.33. The van der Waals surface area contributed by atoms with Crippen molar-refractivity contribution in [3.63, 3.8) is 0 Å². The lowest BCUT2D eigenvalue weighted by atomic mass is 9.77. The molecule has 5 rings (SSSR count). The molecular formula is C24H24N2O4. The number of carbonyl (C=O) groups excluding carboxylic acids is 3. The first-order valence-electron chi connectivity index (χ1n) is 10.3. The van der Waals surface area contributed by atoms with Crippen LogP contribution < -0.4 is 0 Å². The molecule has 0 radical (unpaired) electrons. The number of esters is 1. The fourth-order valence-electron chi connectivity index (χ4n) is 5.85. The standard InChI is InChI=1S/C24H24N2O4/c1-25-21(27)18-19(22(25)28)24(23(29)30-2)13-6-14-26(24)20(18)17-11-9-16(10-12-17)15-7-4-3-5-8-15/h3-5,7-12,18-20H,6,13-14H2,1-2H3/t18-,19-,20-,24+/m1/s1. The fourth-order valence-corrected chi connectivity index (χ4v) is 5.85. The largest absolute Gasteiger partial charge is 0.468 e. The quantitative estimate of drug-likeness (QED) is 0.581. The van der Waals surface area contributed by atoms with Crippen molar-refractivity contribution in [1.82, 2.24) is 9.80 Å². The number of benzene rings is 2. The summed E-state index contributed by atoms with van der Waals surface area (Å²) in [5.41, 5.74) is 2.10. The number of fused-ring (bicyclic) bond motifs is 3. The molecule has 0 N–H and O–H groups in total. The Labute approximate surface area is 175 Å². The number of likely N-dealkylation sites (tertiary alicyclic amines) is 1. The molecule has 0 aliphatic carbocycles. The molecule has 3 aliphatic heterocycles. The molecule has 0 spiro atoms. The van der Waals surface area contributed by atoms with Gasteiger partial charge >= 0.3 is 5.97 Å². The second-order valence-electron chi connectivity index (χ2n) is 8.38. The molecule has 4 atom stereocenters. The Hall–Kier alpha value is -2.99. The lowest BCUT2D eigenvalue weighted by Gasteiger charge is -2.35. The van der Waals surface area contributed by atoms with Gasteiger partial charge < -0.3 is 4.74 Å². The van der Waals surface area contributed by atoms with E-state index in [2.05, 4.69) is 17.0 Å². The lowest BCUT2D eigenvalue weighted by molar-refractivity contribution is -0.158. The Kier molecular flexibility index (Phi) is 4.29. The van der Waals surface area contributed by atoms with Crippen molar-refractivity contribution in [2.24, 2.45) is 11.8 Å². The van der Waals surface area contributed by atoms with Crippen LogP contribution in [0.3, 0.4) is 0 Å². The summed E-state index contributed by atoms with van der Waals surface area (Å²) in [6, 6.07) is 17.9. The molecule has 6 nitrogen and oxygen atoms in total. The number of hydrogen-bond donors (Lipinski definition) is 0. The highest BCUT2D eigenvalue weighted by Crippen LogP contribution is 2.59. The van der Waals surface area contributed by atoms with Crippen LogP contribution in [0.25, 0.3) is 11.1 Å². The van der Waals surface area contributed by atoms with Gasteiger partial charge in [-0.3, -0.25) is 24.2 Å². The first-order chi connectivity index (χ1) is 14.5. The molecule has 30 heavy (non-hydrogen) atoms. The van der Waals surface area contributed by atoms with E-state index >= 15 is 0 Å². The predicted octanol–water partition coefficient (Wildman–Crippen LogP) is 2.65. The summed E-state index contributed by atoms with van der Waals surface area (Å²) >= 11 is 0. The first-order valence-corrected chi connectivity index (χ1v) is 10.3. The van der Waals surface area contributed by atoms with Gasteiger partial charge in [0.25, 0.3) is 0 Å². The minimum atomic E-state index is -1.06. The monoisotopic (exact) mass is 404 g/mol. The van der Waals surface area contributed by atoms with Crippen LogP contribution in [-0.2, 0) is 19.1 Å². The molecule has 0 aromatic heterocycles. The van der Waals surface area contributed by atoms with Crippen LogP contribution in [0.4, 0.5) is 0 Å². The number of carbonyl (C=O) groups is 3. The van der Waals surface area contributed by atoms with Gasteiger partial charge in [-0.1, -0.05) is 54.6 Å². The van der Waals surface area contributed by atoms with Crippen LogP contribution in [0.15, 0.2) is 54.6 Å². The molecule has 3 saturated heterocycles. The highest BCUT2D eigenvalue weighted by molar-refractivity contribution is 6.09. The molecule has 2 amide bonds. The molecule has 3 aliphatic rings. The second kappa shape index (κ2) is 6.77. The fraction of sp³-hybridized carbons (Fsp3) is 0.375. The van der Waals surface area contributed by atoms with E-state index in [9.17, 15) is 14.4 Å². The molecule has 0 bridgehead atoms. The summed E-state index contributed by atoms with van der Waals surface area (Å²) in [6.45, 7) is 0.664. The van der Waals surface area contributed by atoms with Crippen molar-refractivity contribution < 1.29 is 19.1 Å². The van der Waals surface area contributed by atoms with Gasteiger partial charge in [0.15, 0.2) is 0 Å². The third-order valence-electron chi connectivity index (χ3n) is 7.13. The van der Waals surface area contributed by atoms with Crippen LogP contribution in [0.5, 0.6) is 0 Å². The summed E-state index contributed by atoms with van der Waals surface area (Å²) in [4.78, 5) is 42.4. The number of hydrogen-bond acceptors (Lipinski definition) is 5. The van der Waals surface area contributed by atoms with Crippen molar-refractivity contribution in [3.8, 4) is 11.1 Å². The molecule has 0 saturated carbocycles. The van der Waals surface area contributed by atoms with Gasteiger partial charge in [-0.05, 0) is 36.1 Å². The maximum atomic E-state index is 13.1. The zero-order chi connectivity index (χ0) is 21.0. The third kappa shape index (κ3) is 2.37. The van der Waals surface area contributed by atoms with Crippen molar-refractivity contribution in [2.45, 2.75) is 24.4 Å². The van der Waals surface area contributed by atoms with E-state index < -0.39 is 23.3 Å². The normalized spacial score (nSPS) is 30.5. The first kappa shape index (κ1) is 19.0. The number of methoxy groups -OCH3 is 1. The van der Waals surface area contributed by atoms with Gasteiger partial charge in [0.05, 0.1) is 18.9 Å². The maximum absolute atomic E-state index is 13.1. The Morgan fingerprint density at radius 2 is 1.67 bits per heavy atom. The Balaban J connectivity index is 1.60. The topological polar surface area (TPSA) is 66.9 Å². The summed E-state index contributed by atoms with van der Waals surface area (Å²) in [5.74, 6) is -2.14. The van der Waals surface area contributed by atoms with E-state index in [0.717, 1.165) is 23.1 Å². The summed E-state index contributed by atoms with van der Waals surface area (Å²) in [5, 5.41) is 0. The number of ether oxygens (including phenoxy) is 1. The average Bonchev–Trinajstić information content (AvgIpc) is 3.40. The van der Waals surface area contributed by atoms with Crippen molar-refractivity contribution in [1.29, 1.82) is 0 Å². The van der Waals surface area contributed by atoms with E-state index in [1.54, 1.807) is 0 Å². The van der Waals surface area contributed by atoms with E-state index in [4.69, 9.17) is 4.74 Å². The molecule has 6 heteroatoms. The van der Waals surface area contributed by atoms with E-state index in [0.29, 0.717) is 13.0 Å². The Morgan fingerprint density at radius 3 is 2.33 bits per heavy atom. The summed E-state index contributed by atoms with van der Waals surface area (Å²) < 4.78 is 5.16. The zero-order valence-electron chi connectivity index (χ0n) is 17.1. The average molecular weight is 404 g/mol. The minimum Gasteiger partial charge on any atom is -0.468 e. The molecule has 2 aromatic carbocycles. The van der Waals surface area contributed by atoms with Crippen molar-refractivity contribution >= 4 is 17.8 Å². The molecule has 154 valence electrons. The van der Waals surface area contributed by atoms with Gasteiger partial charge in [-0.2, -0.15) is 0 Å². The van der Waals surface area contributed by atoms with Gasteiger partial charge in [-0.25, -0.2) is 0 Å². The minimum absolute atomic E-state index is 0.209. The number of nitrogens with zero attached hydrogens (tertiary/aromatic N) is 2. The molecular weight excluding hydrogens is 380 g/mol. The van der Waals surface area contributed by atoms with Crippen LogP contribution in [0.1, 0.15) is 24.4 Å². The highest BCUT2D eigenvalue weighted by atomic mass is 16.5. The van der Waals surface area contributed by atoms with Crippen molar-refractivity contribution in [2.75, 3.05) is 20.7 Å². The van der Waals surface area contributed by atoms with Crippen LogP contribution in [-0.4, -0.2) is 53.8 Å². The van der Waals surface area contributed by atoms with E-state index in [1.165, 1.54) is 19.1 Å². The second-order valence-corrected chi connectivity index (χ2v) is 8.38. The number of amides is 2. The highest BCUT2D eigenvalue weighted by Gasteiger charge is 2.72. The third-order valence-corrected chi connectivity index (χ3v) is 7.13. The zero-order valence-corrected chi connectivity index (χ0v) is 17.1. The molecule has 3 fully saturated rings. The maximum Gasteiger partial charge on any atom is 0.327 e. The van der Waals surface area contributed by atoms with Crippen LogP contribution in [0.2, 0.25) is 0 Å². The Bertz CT molecular complexity index is 1020. The van der Waals surface area contributed by atoms with Crippen LogP contribution in [0, 0.1) is 11.8 Å². The smallest absolute Gasteiger partial charge is 0.327 e. The molecule has 3 heterocycles. The van der Waals surface area contributed by atoms with Crippen molar-refractivity contribution in [3.05, 3.63) is 60.2 Å². The molecule has 0 unspecified atom stereocenters. The summed E-state index contributed by atoms with van der Waals surface area (Å²) in [7, 11) is 2.87. The van der Waals surface area contributed by atoms with Gasteiger partial charge in [0.2, 0.25) is 11.8 Å². The van der Waals surface area contributed by atoms with Gasteiger partial charge in [0, 0.05) is 13.1 Å². The van der Waals surface area contributed by atoms with Gasteiger partial charge in [0.1, 0.15) is 5.54 Å². The SMILES string of the molecule is COC(=O)[C@@]12CCCN1[C@H](c1ccc(-c3ccccc3)cc1)[C@@H]1C(=O)N(C)C(=O)[C@@H]12. The van der Waals surface area contributed by atoms with Gasteiger partial charge in [-0.15, -0.1) is 0 Å². The number of rotatable bonds is 3. The molecule has 2 aromatic rings. The predicted molar refractivity (Wildman–Crippen MR) is 110 cm³/mol. The lowest BCUT2D eigenvalue weighted by Crippen LogP contribution is -2.54.